The summed E-state index contributed by atoms with van der Waals surface area (Å²) in [5, 5.41) is 17.4. The highest BCUT2D eigenvalue weighted by atomic mass is 32.2. The number of nitrogens with zero attached hydrogens (tertiary/aromatic N) is 3. The number of nitriles is 1. The number of fused-ring (bicyclic) bond motifs is 1. The van der Waals surface area contributed by atoms with Gasteiger partial charge >= 0.3 is 5.97 Å². The van der Waals surface area contributed by atoms with Gasteiger partial charge in [0, 0.05) is 22.4 Å². The highest BCUT2D eigenvalue weighted by molar-refractivity contribution is 7.98. The Morgan fingerprint density at radius 3 is 2.88 bits per heavy atom. The summed E-state index contributed by atoms with van der Waals surface area (Å²) in [6.45, 7) is 3.25. The largest absolute Gasteiger partial charge is 0.452 e. The zero-order valence-electron chi connectivity index (χ0n) is 19.0. The minimum Gasteiger partial charge on any atom is -0.452 e. The maximum absolute atomic E-state index is 12.7. The van der Waals surface area contributed by atoms with E-state index in [4.69, 9.17) is 9.26 Å². The molecule has 0 atom stereocenters. The molecular formula is C24H24N4O4S2. The first-order valence-electron chi connectivity index (χ1n) is 11.0. The molecule has 0 aromatic carbocycles. The van der Waals surface area contributed by atoms with Gasteiger partial charge in [-0.1, -0.05) is 11.6 Å². The summed E-state index contributed by atoms with van der Waals surface area (Å²) >= 11 is 2.82. The van der Waals surface area contributed by atoms with Crippen molar-refractivity contribution in [2.45, 2.75) is 56.7 Å². The van der Waals surface area contributed by atoms with Crippen molar-refractivity contribution < 1.29 is 18.8 Å². The second-order valence-corrected chi connectivity index (χ2v) is 10.0. The fraction of sp³-hybridized carbons (Fsp3) is 0.375. The van der Waals surface area contributed by atoms with Crippen LogP contribution in [0, 0.1) is 25.2 Å². The normalized spacial score (nSPS) is 13.0. The first kappa shape index (κ1) is 24.0. The van der Waals surface area contributed by atoms with Gasteiger partial charge in [-0.3, -0.25) is 4.79 Å². The van der Waals surface area contributed by atoms with Crippen molar-refractivity contribution in [3.63, 3.8) is 0 Å². The zero-order chi connectivity index (χ0) is 24.1. The molecule has 3 aromatic heterocycles. The lowest BCUT2D eigenvalue weighted by Gasteiger charge is -2.09. The molecule has 4 rings (SSSR count). The van der Waals surface area contributed by atoms with Crippen LogP contribution >= 0.6 is 23.1 Å². The van der Waals surface area contributed by atoms with Crippen molar-refractivity contribution in [2.75, 3.05) is 11.9 Å². The molecule has 3 aromatic rings. The van der Waals surface area contributed by atoms with Gasteiger partial charge in [0.2, 0.25) is 0 Å². The van der Waals surface area contributed by atoms with Crippen molar-refractivity contribution in [1.29, 1.82) is 5.26 Å². The first-order valence-corrected chi connectivity index (χ1v) is 12.8. The number of thiophene rings is 1. The molecule has 1 N–H and O–H groups in total. The van der Waals surface area contributed by atoms with Gasteiger partial charge in [0.25, 0.3) is 5.91 Å². The number of esters is 1. The van der Waals surface area contributed by atoms with E-state index in [1.165, 1.54) is 23.1 Å². The Hall–Kier alpha value is -3.16. The number of nitrogens with one attached hydrogen (secondary N) is 1. The summed E-state index contributed by atoms with van der Waals surface area (Å²) < 4.78 is 10.5. The fourth-order valence-corrected chi connectivity index (χ4v) is 6.22. The molecule has 3 heterocycles. The van der Waals surface area contributed by atoms with Crippen LogP contribution in [0.2, 0.25) is 0 Å². The van der Waals surface area contributed by atoms with E-state index in [1.807, 2.05) is 13.8 Å². The van der Waals surface area contributed by atoms with E-state index in [0.717, 1.165) is 59.6 Å². The van der Waals surface area contributed by atoms with Crippen LogP contribution in [0.1, 0.15) is 62.6 Å². The van der Waals surface area contributed by atoms with Crippen LogP contribution in [0.5, 0.6) is 0 Å². The van der Waals surface area contributed by atoms with Crippen molar-refractivity contribution in [3.05, 3.63) is 56.9 Å². The van der Waals surface area contributed by atoms with Gasteiger partial charge in [-0.25, -0.2) is 9.78 Å². The predicted molar refractivity (Wildman–Crippen MR) is 129 cm³/mol. The standard InChI is InChI=1S/C24H24N4O4S2/c1-14-19(15(2)32-28-14)13-33-22-17(8-6-10-26-22)24(30)31-12-21(29)27-23-18(11-25)16-7-4-3-5-9-20(16)34-23/h6,8,10H,3-5,7,9,12-13H2,1-2H3,(H,27,29). The summed E-state index contributed by atoms with van der Waals surface area (Å²) in [7, 11) is 0. The van der Waals surface area contributed by atoms with Gasteiger partial charge in [0.05, 0.1) is 16.8 Å². The minimum absolute atomic E-state index is 0.285. The molecule has 0 spiro atoms. The van der Waals surface area contributed by atoms with Gasteiger partial charge in [0.1, 0.15) is 21.9 Å². The fourth-order valence-electron chi connectivity index (χ4n) is 3.83. The summed E-state index contributed by atoms with van der Waals surface area (Å²) in [4.78, 5) is 30.7. The lowest BCUT2D eigenvalue weighted by Crippen LogP contribution is -2.21. The molecule has 0 radical (unpaired) electrons. The molecular weight excluding hydrogens is 472 g/mol. The molecule has 1 aliphatic rings. The lowest BCUT2D eigenvalue weighted by atomic mass is 10.1. The molecule has 34 heavy (non-hydrogen) atoms. The van der Waals surface area contributed by atoms with E-state index in [9.17, 15) is 14.9 Å². The molecule has 176 valence electrons. The lowest BCUT2D eigenvalue weighted by molar-refractivity contribution is -0.119. The van der Waals surface area contributed by atoms with Gasteiger partial charge < -0.3 is 14.6 Å². The van der Waals surface area contributed by atoms with Crippen LogP contribution in [-0.4, -0.2) is 28.6 Å². The number of carbonyl (C=O) groups excluding carboxylic acids is 2. The smallest absolute Gasteiger partial charge is 0.341 e. The Bertz CT molecular complexity index is 1240. The van der Waals surface area contributed by atoms with Gasteiger partial charge in [-0.05, 0) is 57.2 Å². The van der Waals surface area contributed by atoms with Crippen molar-refractivity contribution >= 4 is 40.0 Å². The molecule has 8 nitrogen and oxygen atoms in total. The number of aromatic nitrogens is 2. The second-order valence-electron chi connectivity index (χ2n) is 7.95. The van der Waals surface area contributed by atoms with E-state index in [0.29, 0.717) is 21.3 Å². The molecule has 1 amide bonds. The van der Waals surface area contributed by atoms with E-state index in [-0.39, 0.29) is 5.56 Å². The number of hydrogen-bond donors (Lipinski definition) is 1. The molecule has 0 bridgehead atoms. The number of pyridine rings is 1. The van der Waals surface area contributed by atoms with Crippen molar-refractivity contribution in [3.8, 4) is 6.07 Å². The number of ether oxygens (including phenoxy) is 1. The third-order valence-electron chi connectivity index (χ3n) is 5.65. The van der Waals surface area contributed by atoms with Gasteiger partial charge in [-0.2, -0.15) is 5.26 Å². The highest BCUT2D eigenvalue weighted by Gasteiger charge is 2.22. The molecule has 0 aliphatic heterocycles. The Balaban J connectivity index is 1.38. The number of anilines is 1. The molecule has 10 heteroatoms. The van der Waals surface area contributed by atoms with E-state index < -0.39 is 18.5 Å². The maximum Gasteiger partial charge on any atom is 0.341 e. The van der Waals surface area contributed by atoms with Crippen LogP contribution < -0.4 is 5.32 Å². The van der Waals surface area contributed by atoms with Crippen molar-refractivity contribution in [1.82, 2.24) is 10.1 Å². The maximum atomic E-state index is 12.7. The molecule has 1 aliphatic carbocycles. The van der Waals surface area contributed by atoms with Crippen LogP contribution in [0.25, 0.3) is 0 Å². The first-order chi connectivity index (χ1) is 16.5. The Morgan fingerprint density at radius 2 is 2.12 bits per heavy atom. The van der Waals surface area contributed by atoms with E-state index in [1.54, 1.807) is 18.3 Å². The van der Waals surface area contributed by atoms with E-state index >= 15 is 0 Å². The average molecular weight is 497 g/mol. The predicted octanol–water partition coefficient (Wildman–Crippen LogP) is 4.98. The minimum atomic E-state index is -0.632. The average Bonchev–Trinajstić information content (AvgIpc) is 3.23. The SMILES string of the molecule is Cc1noc(C)c1CSc1ncccc1C(=O)OCC(=O)Nc1sc2c(c1C#N)CCCCC2. The Morgan fingerprint density at radius 1 is 1.29 bits per heavy atom. The topological polar surface area (TPSA) is 118 Å². The summed E-state index contributed by atoms with van der Waals surface area (Å²) in [6.07, 6.45) is 6.67. The number of aryl methyl sites for hydroxylation is 3. The molecule has 0 saturated carbocycles. The van der Waals surface area contributed by atoms with Crippen LogP contribution in [0.4, 0.5) is 5.00 Å². The van der Waals surface area contributed by atoms with Gasteiger partial charge in [0.15, 0.2) is 6.61 Å². The number of hydrogen-bond acceptors (Lipinski definition) is 9. The number of carbonyl (C=O) groups is 2. The number of amides is 1. The highest BCUT2D eigenvalue weighted by Crippen LogP contribution is 2.37. The van der Waals surface area contributed by atoms with E-state index in [2.05, 4.69) is 21.5 Å². The van der Waals surface area contributed by atoms with Gasteiger partial charge in [-0.15, -0.1) is 23.1 Å². The molecule has 0 unspecified atom stereocenters. The molecule has 0 saturated heterocycles. The summed E-state index contributed by atoms with van der Waals surface area (Å²) in [5.74, 6) is 0.158. The quantitative estimate of drug-likeness (QED) is 0.276. The Labute approximate surface area is 205 Å². The third-order valence-corrected chi connectivity index (χ3v) is 7.88. The summed E-state index contributed by atoms with van der Waals surface area (Å²) in [5.41, 5.74) is 3.62. The number of thioether (sulfide) groups is 1. The number of rotatable bonds is 7. The van der Waals surface area contributed by atoms with Crippen LogP contribution in [0.3, 0.4) is 0 Å². The van der Waals surface area contributed by atoms with Crippen LogP contribution in [-0.2, 0) is 28.1 Å². The van der Waals surface area contributed by atoms with Crippen LogP contribution in [0.15, 0.2) is 27.9 Å². The third kappa shape index (κ3) is 5.32. The Kier molecular flexibility index (Phi) is 7.65. The zero-order valence-corrected chi connectivity index (χ0v) is 20.6. The molecule has 0 fully saturated rings. The summed E-state index contributed by atoms with van der Waals surface area (Å²) in [6, 6.07) is 5.50. The van der Waals surface area contributed by atoms with Crippen molar-refractivity contribution in [2.24, 2.45) is 0 Å². The monoisotopic (exact) mass is 496 g/mol. The second kappa shape index (κ2) is 10.8.